The van der Waals surface area contributed by atoms with Crippen LogP contribution < -0.4 is 14.8 Å². The Labute approximate surface area is 162 Å². The van der Waals surface area contributed by atoms with Gasteiger partial charge in [-0.15, -0.1) is 0 Å². The summed E-state index contributed by atoms with van der Waals surface area (Å²) in [5.41, 5.74) is 2.36. The van der Waals surface area contributed by atoms with E-state index in [-0.39, 0.29) is 19.4 Å². The van der Waals surface area contributed by atoms with Gasteiger partial charge in [0.15, 0.2) is 11.5 Å². The van der Waals surface area contributed by atoms with Crippen LogP contribution in [0.2, 0.25) is 0 Å². The van der Waals surface area contributed by atoms with Crippen molar-refractivity contribution in [1.29, 1.82) is 0 Å². The molecule has 7 heteroatoms. The van der Waals surface area contributed by atoms with Crippen LogP contribution in [0.5, 0.6) is 11.5 Å². The van der Waals surface area contributed by atoms with E-state index in [1.807, 2.05) is 36.4 Å². The Morgan fingerprint density at radius 3 is 2.68 bits per heavy atom. The van der Waals surface area contributed by atoms with Crippen LogP contribution in [0.4, 0.5) is 4.79 Å². The summed E-state index contributed by atoms with van der Waals surface area (Å²) in [6.45, 7) is 2.13. The first kappa shape index (κ1) is 17.9. The molecule has 28 heavy (non-hydrogen) atoms. The second-order valence-corrected chi connectivity index (χ2v) is 6.40. The Balaban J connectivity index is 1.89. The molecule has 2 amide bonds. The van der Waals surface area contributed by atoms with Gasteiger partial charge in [0.1, 0.15) is 0 Å². The van der Waals surface area contributed by atoms with E-state index < -0.39 is 12.0 Å². The van der Waals surface area contributed by atoms with Crippen molar-refractivity contribution < 1.29 is 23.8 Å². The van der Waals surface area contributed by atoms with E-state index in [9.17, 15) is 9.59 Å². The highest BCUT2D eigenvalue weighted by Crippen LogP contribution is 2.40. The first-order chi connectivity index (χ1) is 13.6. The van der Waals surface area contributed by atoms with E-state index in [2.05, 4.69) is 5.32 Å². The average molecular weight is 380 g/mol. The van der Waals surface area contributed by atoms with Gasteiger partial charge in [0, 0.05) is 7.05 Å². The first-order valence-electron chi connectivity index (χ1n) is 9.00. The maximum absolute atomic E-state index is 12.9. The smallest absolute Gasteiger partial charge is 0.338 e. The van der Waals surface area contributed by atoms with Crippen LogP contribution in [0, 0.1) is 0 Å². The highest BCUT2D eigenvalue weighted by Gasteiger charge is 2.37. The third-order valence-electron chi connectivity index (χ3n) is 4.72. The summed E-state index contributed by atoms with van der Waals surface area (Å²) in [4.78, 5) is 27.1. The van der Waals surface area contributed by atoms with Crippen LogP contribution in [-0.4, -0.2) is 37.3 Å². The molecule has 2 aliphatic heterocycles. The van der Waals surface area contributed by atoms with Crippen LogP contribution in [0.15, 0.2) is 54.1 Å². The fourth-order valence-electron chi connectivity index (χ4n) is 3.42. The van der Waals surface area contributed by atoms with Crippen molar-refractivity contribution in [1.82, 2.24) is 10.2 Å². The van der Waals surface area contributed by atoms with Crippen LogP contribution in [0.3, 0.4) is 0 Å². The van der Waals surface area contributed by atoms with E-state index in [1.165, 1.54) is 4.90 Å². The summed E-state index contributed by atoms with van der Waals surface area (Å²) in [6.07, 6.45) is 0. The number of hydrogen-bond donors (Lipinski definition) is 1. The van der Waals surface area contributed by atoms with Crippen molar-refractivity contribution in [3.8, 4) is 11.5 Å². The SMILES string of the molecule is CCOC(=O)C1=C(c2ccccc2)N(C)C(=O)N[C@H]1c1ccc2c(c1)OCO2. The second-order valence-electron chi connectivity index (χ2n) is 6.40. The van der Waals surface area contributed by atoms with Gasteiger partial charge < -0.3 is 19.5 Å². The fourth-order valence-corrected chi connectivity index (χ4v) is 3.42. The molecular weight excluding hydrogens is 360 g/mol. The summed E-state index contributed by atoms with van der Waals surface area (Å²) >= 11 is 0. The maximum Gasteiger partial charge on any atom is 0.338 e. The summed E-state index contributed by atoms with van der Waals surface area (Å²) in [5.74, 6) is 0.735. The number of carbonyl (C=O) groups excluding carboxylic acids is 2. The van der Waals surface area contributed by atoms with Gasteiger partial charge in [0.05, 0.1) is 23.9 Å². The van der Waals surface area contributed by atoms with E-state index in [0.29, 0.717) is 28.3 Å². The summed E-state index contributed by atoms with van der Waals surface area (Å²) < 4.78 is 16.1. The zero-order valence-corrected chi connectivity index (χ0v) is 15.6. The lowest BCUT2D eigenvalue weighted by atomic mass is 9.92. The second kappa shape index (κ2) is 7.26. The van der Waals surface area contributed by atoms with Crippen molar-refractivity contribution in [3.05, 3.63) is 65.2 Å². The van der Waals surface area contributed by atoms with E-state index >= 15 is 0 Å². The van der Waals surface area contributed by atoms with Crippen molar-refractivity contribution in [3.63, 3.8) is 0 Å². The number of hydrogen-bond acceptors (Lipinski definition) is 5. The van der Waals surface area contributed by atoms with Gasteiger partial charge in [-0.05, 0) is 30.2 Å². The van der Waals surface area contributed by atoms with Crippen LogP contribution in [-0.2, 0) is 9.53 Å². The number of nitrogens with one attached hydrogen (secondary N) is 1. The lowest BCUT2D eigenvalue weighted by Gasteiger charge is -2.34. The topological polar surface area (TPSA) is 77.1 Å². The molecule has 2 aliphatic rings. The van der Waals surface area contributed by atoms with E-state index in [1.54, 1.807) is 26.1 Å². The number of ether oxygens (including phenoxy) is 3. The zero-order chi connectivity index (χ0) is 19.7. The number of amides is 2. The largest absolute Gasteiger partial charge is 0.463 e. The molecule has 0 saturated carbocycles. The van der Waals surface area contributed by atoms with Gasteiger partial charge in [-0.1, -0.05) is 36.4 Å². The Morgan fingerprint density at radius 2 is 1.93 bits per heavy atom. The third-order valence-corrected chi connectivity index (χ3v) is 4.72. The lowest BCUT2D eigenvalue weighted by Crippen LogP contribution is -2.46. The Bertz CT molecular complexity index is 955. The Hall–Kier alpha value is -3.48. The predicted octanol–water partition coefficient (Wildman–Crippen LogP) is 3.09. The van der Waals surface area contributed by atoms with E-state index in [4.69, 9.17) is 14.2 Å². The number of benzene rings is 2. The minimum absolute atomic E-state index is 0.147. The maximum atomic E-state index is 12.9. The number of urea groups is 1. The molecule has 0 bridgehead atoms. The molecule has 0 unspecified atom stereocenters. The van der Waals surface area contributed by atoms with Crippen molar-refractivity contribution >= 4 is 17.7 Å². The molecule has 1 N–H and O–H groups in total. The minimum atomic E-state index is -0.674. The van der Waals surface area contributed by atoms with E-state index in [0.717, 1.165) is 5.56 Å². The molecule has 0 spiro atoms. The van der Waals surface area contributed by atoms with Crippen molar-refractivity contribution in [2.24, 2.45) is 0 Å². The molecular formula is C21H20N2O5. The minimum Gasteiger partial charge on any atom is -0.463 e. The van der Waals surface area contributed by atoms with Gasteiger partial charge in [-0.2, -0.15) is 0 Å². The number of carbonyl (C=O) groups is 2. The van der Waals surface area contributed by atoms with Crippen molar-refractivity contribution in [2.75, 3.05) is 20.4 Å². The standard InChI is InChI=1S/C21H20N2O5/c1-3-26-20(24)17-18(14-9-10-15-16(11-14)28-12-27-15)22-21(25)23(2)19(17)13-7-5-4-6-8-13/h4-11,18H,3,12H2,1-2H3,(H,22,25)/t18-/m0/s1. The predicted molar refractivity (Wildman–Crippen MR) is 102 cm³/mol. The Kier molecular flexibility index (Phi) is 4.65. The number of rotatable bonds is 4. The molecule has 144 valence electrons. The number of esters is 1. The molecule has 0 radical (unpaired) electrons. The van der Waals surface area contributed by atoms with Gasteiger partial charge >= 0.3 is 12.0 Å². The molecule has 4 rings (SSSR count). The number of nitrogens with zero attached hydrogens (tertiary/aromatic N) is 1. The van der Waals surface area contributed by atoms with Crippen LogP contribution in [0.1, 0.15) is 24.1 Å². The molecule has 7 nitrogen and oxygen atoms in total. The zero-order valence-electron chi connectivity index (χ0n) is 15.6. The van der Waals surface area contributed by atoms with Gasteiger partial charge in [-0.25, -0.2) is 9.59 Å². The number of fused-ring (bicyclic) bond motifs is 1. The normalized spacial score (nSPS) is 18.1. The van der Waals surface area contributed by atoms with Gasteiger partial charge in [0.2, 0.25) is 6.79 Å². The van der Waals surface area contributed by atoms with Gasteiger partial charge in [0.25, 0.3) is 0 Å². The summed E-state index contributed by atoms with van der Waals surface area (Å²) in [5, 5.41) is 2.89. The lowest BCUT2D eigenvalue weighted by molar-refractivity contribution is -0.138. The quantitative estimate of drug-likeness (QED) is 0.825. The Morgan fingerprint density at radius 1 is 1.18 bits per heavy atom. The molecule has 1 atom stereocenters. The van der Waals surface area contributed by atoms with Gasteiger partial charge in [-0.3, -0.25) is 4.90 Å². The summed E-state index contributed by atoms with van der Waals surface area (Å²) in [7, 11) is 1.63. The average Bonchev–Trinajstić information content (AvgIpc) is 3.18. The molecule has 0 saturated heterocycles. The first-order valence-corrected chi connectivity index (χ1v) is 9.00. The highest BCUT2D eigenvalue weighted by atomic mass is 16.7. The third kappa shape index (κ3) is 3.05. The molecule has 0 fully saturated rings. The fraction of sp³-hybridized carbons (Fsp3) is 0.238. The van der Waals surface area contributed by atoms with Crippen LogP contribution in [0.25, 0.3) is 5.70 Å². The summed E-state index contributed by atoms with van der Waals surface area (Å²) in [6, 6.07) is 13.7. The molecule has 0 aliphatic carbocycles. The van der Waals surface area contributed by atoms with Crippen LogP contribution >= 0.6 is 0 Å². The molecule has 0 aromatic heterocycles. The molecule has 2 aromatic carbocycles. The molecule has 2 aromatic rings. The highest BCUT2D eigenvalue weighted by molar-refractivity contribution is 6.04. The molecule has 2 heterocycles. The monoisotopic (exact) mass is 380 g/mol. The van der Waals surface area contributed by atoms with Crippen molar-refractivity contribution in [2.45, 2.75) is 13.0 Å².